The number of methoxy groups -OCH3 is 1. The third-order valence-electron chi connectivity index (χ3n) is 2.50. The first kappa shape index (κ1) is 14.9. The summed E-state index contributed by atoms with van der Waals surface area (Å²) in [6.45, 7) is 7.46. The van der Waals surface area contributed by atoms with Gasteiger partial charge in [-0.2, -0.15) is 0 Å². The number of ether oxygens (including phenoxy) is 1. The van der Waals surface area contributed by atoms with Gasteiger partial charge in [-0.25, -0.2) is 0 Å². The summed E-state index contributed by atoms with van der Waals surface area (Å²) in [5, 5.41) is 0. The van der Waals surface area contributed by atoms with Crippen LogP contribution in [-0.2, 0) is 14.3 Å². The van der Waals surface area contributed by atoms with E-state index in [2.05, 4.69) is 4.74 Å². The second kappa shape index (κ2) is 5.84. The van der Waals surface area contributed by atoms with Crippen LogP contribution in [0.3, 0.4) is 0 Å². The van der Waals surface area contributed by atoms with Gasteiger partial charge >= 0.3 is 5.97 Å². The zero-order valence-electron chi connectivity index (χ0n) is 10.7. The van der Waals surface area contributed by atoms with Gasteiger partial charge < -0.3 is 15.4 Å². The van der Waals surface area contributed by atoms with Crippen molar-refractivity contribution in [1.82, 2.24) is 4.90 Å². The van der Waals surface area contributed by atoms with Gasteiger partial charge in [0.05, 0.1) is 12.5 Å². The third kappa shape index (κ3) is 3.81. The van der Waals surface area contributed by atoms with E-state index in [4.69, 9.17) is 5.73 Å². The number of amides is 1. The van der Waals surface area contributed by atoms with Crippen LogP contribution in [0.1, 0.15) is 27.7 Å². The van der Waals surface area contributed by atoms with Crippen molar-refractivity contribution in [3.05, 3.63) is 0 Å². The van der Waals surface area contributed by atoms with Gasteiger partial charge in [-0.1, -0.05) is 0 Å². The molecule has 0 radical (unpaired) electrons. The molecule has 0 aliphatic heterocycles. The molecule has 16 heavy (non-hydrogen) atoms. The highest BCUT2D eigenvalue weighted by atomic mass is 16.5. The zero-order valence-corrected chi connectivity index (χ0v) is 10.7. The van der Waals surface area contributed by atoms with Crippen LogP contribution >= 0.6 is 0 Å². The van der Waals surface area contributed by atoms with E-state index >= 15 is 0 Å². The van der Waals surface area contributed by atoms with E-state index < -0.39 is 11.4 Å². The van der Waals surface area contributed by atoms with E-state index in [9.17, 15) is 9.59 Å². The molecule has 1 amide bonds. The highest BCUT2D eigenvalue weighted by Crippen LogP contribution is 2.18. The van der Waals surface area contributed by atoms with Gasteiger partial charge in [0.25, 0.3) is 0 Å². The third-order valence-corrected chi connectivity index (χ3v) is 2.50. The Labute approximate surface area is 96.9 Å². The molecule has 0 atom stereocenters. The second-order valence-corrected chi connectivity index (χ2v) is 4.69. The minimum atomic E-state index is -0.654. The Morgan fingerprint density at radius 3 is 2.19 bits per heavy atom. The fourth-order valence-electron chi connectivity index (χ4n) is 1.17. The standard InChI is InChI=1S/C11H22N2O3/c1-8(2)13(6-9(14)16-5)10(15)11(3,4)7-12/h8H,6-7,12H2,1-5H3. The van der Waals surface area contributed by atoms with Crippen LogP contribution in [0.2, 0.25) is 0 Å². The van der Waals surface area contributed by atoms with Crippen molar-refractivity contribution in [2.75, 3.05) is 20.2 Å². The summed E-state index contributed by atoms with van der Waals surface area (Å²) in [7, 11) is 1.30. The Kier molecular flexibility index (Phi) is 5.44. The Hall–Kier alpha value is -1.10. The molecule has 0 aliphatic rings. The molecular weight excluding hydrogens is 208 g/mol. The lowest BCUT2D eigenvalue weighted by atomic mass is 9.91. The number of nitrogens with two attached hydrogens (primary N) is 1. The minimum Gasteiger partial charge on any atom is -0.468 e. The lowest BCUT2D eigenvalue weighted by molar-refractivity contribution is -0.152. The number of hydrogen-bond donors (Lipinski definition) is 1. The predicted octanol–water partition coefficient (Wildman–Crippen LogP) is 0.381. The average molecular weight is 230 g/mol. The smallest absolute Gasteiger partial charge is 0.325 e. The summed E-state index contributed by atoms with van der Waals surface area (Å²) < 4.78 is 4.56. The number of rotatable bonds is 5. The Balaban J connectivity index is 4.80. The maximum atomic E-state index is 12.1. The van der Waals surface area contributed by atoms with E-state index in [1.807, 2.05) is 13.8 Å². The molecule has 0 unspecified atom stereocenters. The number of carbonyl (C=O) groups is 2. The molecule has 0 aromatic carbocycles. The first-order chi connectivity index (χ1) is 7.26. The summed E-state index contributed by atoms with van der Waals surface area (Å²) in [4.78, 5) is 24.8. The molecule has 0 heterocycles. The maximum Gasteiger partial charge on any atom is 0.325 e. The van der Waals surface area contributed by atoms with Crippen molar-refractivity contribution in [3.63, 3.8) is 0 Å². The van der Waals surface area contributed by atoms with Gasteiger partial charge in [-0.15, -0.1) is 0 Å². The highest BCUT2D eigenvalue weighted by molar-refractivity contribution is 5.86. The molecule has 0 aromatic rings. The minimum absolute atomic E-state index is 0.0313. The van der Waals surface area contributed by atoms with Gasteiger partial charge in [-0.3, -0.25) is 9.59 Å². The topological polar surface area (TPSA) is 72.6 Å². The Morgan fingerprint density at radius 2 is 1.88 bits per heavy atom. The van der Waals surface area contributed by atoms with Crippen LogP contribution in [0.4, 0.5) is 0 Å². The molecule has 5 heteroatoms. The average Bonchev–Trinajstić information content (AvgIpc) is 2.23. The second-order valence-electron chi connectivity index (χ2n) is 4.69. The normalized spacial score (nSPS) is 11.4. The lowest BCUT2D eigenvalue weighted by Gasteiger charge is -2.33. The summed E-state index contributed by atoms with van der Waals surface area (Å²) in [5.41, 5.74) is 4.89. The first-order valence-corrected chi connectivity index (χ1v) is 5.34. The van der Waals surface area contributed by atoms with Gasteiger partial charge in [0.2, 0.25) is 5.91 Å². The monoisotopic (exact) mass is 230 g/mol. The Bertz CT molecular complexity index is 262. The molecule has 0 aliphatic carbocycles. The highest BCUT2D eigenvalue weighted by Gasteiger charge is 2.33. The van der Waals surface area contributed by atoms with Crippen molar-refractivity contribution in [2.45, 2.75) is 33.7 Å². The van der Waals surface area contributed by atoms with Gasteiger partial charge in [0.1, 0.15) is 6.54 Å². The molecule has 0 saturated heterocycles. The summed E-state index contributed by atoms with van der Waals surface area (Å²) >= 11 is 0. The summed E-state index contributed by atoms with van der Waals surface area (Å²) in [6, 6.07) is -0.0579. The SMILES string of the molecule is COC(=O)CN(C(=O)C(C)(C)CN)C(C)C. The first-order valence-electron chi connectivity index (χ1n) is 5.34. The number of carbonyl (C=O) groups excluding carboxylic acids is 2. The summed E-state index contributed by atoms with van der Waals surface area (Å²) in [5.74, 6) is -0.551. The molecular formula is C11H22N2O3. The molecule has 0 spiro atoms. The molecule has 0 saturated carbocycles. The van der Waals surface area contributed by atoms with Crippen LogP contribution in [0.5, 0.6) is 0 Å². The van der Waals surface area contributed by atoms with Crippen LogP contribution in [-0.4, -0.2) is 43.0 Å². The van der Waals surface area contributed by atoms with Gasteiger partial charge in [0, 0.05) is 12.6 Å². The van der Waals surface area contributed by atoms with Crippen molar-refractivity contribution in [3.8, 4) is 0 Å². The van der Waals surface area contributed by atoms with Crippen LogP contribution in [0.15, 0.2) is 0 Å². The number of nitrogens with zero attached hydrogens (tertiary/aromatic N) is 1. The van der Waals surface area contributed by atoms with E-state index in [1.54, 1.807) is 13.8 Å². The van der Waals surface area contributed by atoms with Gasteiger partial charge in [-0.05, 0) is 27.7 Å². The number of hydrogen-bond acceptors (Lipinski definition) is 4. The molecule has 0 aromatic heterocycles. The van der Waals surface area contributed by atoms with Crippen LogP contribution in [0, 0.1) is 5.41 Å². The van der Waals surface area contributed by atoms with E-state index in [0.29, 0.717) is 0 Å². The van der Waals surface area contributed by atoms with Crippen molar-refractivity contribution < 1.29 is 14.3 Å². The molecule has 0 bridgehead atoms. The fraction of sp³-hybridized carbons (Fsp3) is 0.818. The van der Waals surface area contributed by atoms with Crippen LogP contribution < -0.4 is 5.73 Å². The Morgan fingerprint density at radius 1 is 1.38 bits per heavy atom. The molecule has 2 N–H and O–H groups in total. The maximum absolute atomic E-state index is 12.1. The van der Waals surface area contributed by atoms with E-state index in [1.165, 1.54) is 12.0 Å². The van der Waals surface area contributed by atoms with Crippen LogP contribution in [0.25, 0.3) is 0 Å². The van der Waals surface area contributed by atoms with E-state index in [-0.39, 0.29) is 25.0 Å². The number of esters is 1. The molecule has 5 nitrogen and oxygen atoms in total. The summed E-state index contributed by atoms with van der Waals surface area (Å²) in [6.07, 6.45) is 0. The van der Waals surface area contributed by atoms with Crippen molar-refractivity contribution in [1.29, 1.82) is 0 Å². The molecule has 0 fully saturated rings. The predicted molar refractivity (Wildman–Crippen MR) is 61.7 cm³/mol. The zero-order chi connectivity index (χ0) is 12.9. The van der Waals surface area contributed by atoms with Crippen molar-refractivity contribution in [2.24, 2.45) is 11.1 Å². The fourth-order valence-corrected chi connectivity index (χ4v) is 1.17. The van der Waals surface area contributed by atoms with Crippen molar-refractivity contribution >= 4 is 11.9 Å². The van der Waals surface area contributed by atoms with Gasteiger partial charge in [0.15, 0.2) is 0 Å². The molecule has 0 rings (SSSR count). The molecule has 94 valence electrons. The lowest BCUT2D eigenvalue weighted by Crippen LogP contribution is -2.49. The quantitative estimate of drug-likeness (QED) is 0.693. The van der Waals surface area contributed by atoms with E-state index in [0.717, 1.165) is 0 Å². The largest absolute Gasteiger partial charge is 0.468 e.